The number of rotatable bonds is 9. The van der Waals surface area contributed by atoms with Gasteiger partial charge in [-0.3, -0.25) is 4.79 Å². The molecule has 0 aliphatic carbocycles. The average Bonchev–Trinajstić information content (AvgIpc) is 2.76. The van der Waals surface area contributed by atoms with Crippen molar-refractivity contribution >= 4 is 23.0 Å². The van der Waals surface area contributed by atoms with Gasteiger partial charge in [-0.05, 0) is 74.5 Å². The van der Waals surface area contributed by atoms with E-state index in [4.69, 9.17) is 4.74 Å². The van der Waals surface area contributed by atoms with Gasteiger partial charge in [-0.15, -0.1) is 0 Å². The molecule has 5 nitrogen and oxygen atoms in total. The van der Waals surface area contributed by atoms with Crippen LogP contribution in [0.5, 0.6) is 11.5 Å². The third-order valence-electron chi connectivity index (χ3n) is 4.57. The van der Waals surface area contributed by atoms with E-state index in [0.717, 1.165) is 41.7 Å². The van der Waals surface area contributed by atoms with Crippen LogP contribution in [0.4, 0.5) is 17.1 Å². The van der Waals surface area contributed by atoms with E-state index < -0.39 is 0 Å². The molecule has 0 spiro atoms. The number of anilines is 3. The summed E-state index contributed by atoms with van der Waals surface area (Å²) in [6.45, 7) is 6.37. The van der Waals surface area contributed by atoms with E-state index >= 15 is 0 Å². The van der Waals surface area contributed by atoms with E-state index in [-0.39, 0.29) is 12.5 Å². The molecule has 0 saturated heterocycles. The van der Waals surface area contributed by atoms with Crippen molar-refractivity contribution in [2.45, 2.75) is 13.8 Å². The highest BCUT2D eigenvalue weighted by Gasteiger charge is 2.05. The van der Waals surface area contributed by atoms with E-state index in [1.807, 2.05) is 78.9 Å². The third kappa shape index (κ3) is 6.01. The Bertz CT molecular complexity index is 890. The van der Waals surface area contributed by atoms with E-state index in [1.165, 1.54) is 0 Å². The highest BCUT2D eigenvalue weighted by atomic mass is 16.5. The molecule has 29 heavy (non-hydrogen) atoms. The number of nitrogens with one attached hydrogen (secondary N) is 2. The number of nitrogens with zero attached hydrogens (tertiary/aromatic N) is 1. The lowest BCUT2D eigenvalue weighted by molar-refractivity contribution is -0.114. The highest BCUT2D eigenvalue weighted by molar-refractivity contribution is 5.93. The summed E-state index contributed by atoms with van der Waals surface area (Å²) in [4.78, 5) is 14.5. The smallest absolute Gasteiger partial charge is 0.243 e. The predicted octanol–water partition coefficient (Wildman–Crippen LogP) is 5.38. The molecular weight excluding hydrogens is 362 g/mol. The summed E-state index contributed by atoms with van der Waals surface area (Å²) in [5.74, 6) is 1.45. The lowest BCUT2D eigenvalue weighted by atomic mass is 10.2. The van der Waals surface area contributed by atoms with Gasteiger partial charge in [0, 0.05) is 30.2 Å². The standard InChI is InChI=1S/C24H27N3O2/c1-3-27(4-2)21-14-10-20(11-15-21)26-24(28)18-25-19-12-16-23(17-13-19)29-22-8-6-5-7-9-22/h5-17,25H,3-4,18H2,1-2H3,(H,26,28). The summed E-state index contributed by atoms with van der Waals surface area (Å²) in [5.41, 5.74) is 2.81. The number of ether oxygens (including phenoxy) is 1. The molecule has 0 atom stereocenters. The fraction of sp³-hybridized carbons (Fsp3) is 0.208. The van der Waals surface area contributed by atoms with E-state index in [0.29, 0.717) is 0 Å². The first-order valence-corrected chi connectivity index (χ1v) is 9.89. The summed E-state index contributed by atoms with van der Waals surface area (Å²) in [7, 11) is 0. The van der Waals surface area contributed by atoms with Crippen molar-refractivity contribution in [1.29, 1.82) is 0 Å². The molecule has 0 fully saturated rings. The third-order valence-corrected chi connectivity index (χ3v) is 4.57. The molecule has 0 aliphatic heterocycles. The molecule has 0 aliphatic rings. The molecule has 3 aromatic rings. The Kier molecular flexibility index (Phi) is 7.11. The maximum Gasteiger partial charge on any atom is 0.243 e. The lowest BCUT2D eigenvalue weighted by Gasteiger charge is -2.21. The van der Waals surface area contributed by atoms with Crippen molar-refractivity contribution in [2.24, 2.45) is 0 Å². The predicted molar refractivity (Wildman–Crippen MR) is 120 cm³/mol. The second-order valence-corrected chi connectivity index (χ2v) is 6.56. The van der Waals surface area contributed by atoms with Crippen LogP contribution in [0.3, 0.4) is 0 Å². The summed E-state index contributed by atoms with van der Waals surface area (Å²) in [5, 5.41) is 6.04. The summed E-state index contributed by atoms with van der Waals surface area (Å²) in [6, 6.07) is 25.1. The zero-order chi connectivity index (χ0) is 20.5. The minimum Gasteiger partial charge on any atom is -0.457 e. The van der Waals surface area contributed by atoms with Gasteiger partial charge in [0.25, 0.3) is 0 Å². The molecular formula is C24H27N3O2. The number of hydrogen-bond acceptors (Lipinski definition) is 4. The molecule has 5 heteroatoms. The van der Waals surface area contributed by atoms with Crippen molar-refractivity contribution in [3.05, 3.63) is 78.9 Å². The van der Waals surface area contributed by atoms with Gasteiger partial charge in [0.15, 0.2) is 0 Å². The van der Waals surface area contributed by atoms with Crippen LogP contribution < -0.4 is 20.3 Å². The molecule has 0 heterocycles. The maximum atomic E-state index is 12.2. The number of amides is 1. The molecule has 0 saturated carbocycles. The summed E-state index contributed by atoms with van der Waals surface area (Å²) >= 11 is 0. The van der Waals surface area contributed by atoms with Crippen molar-refractivity contribution in [3.8, 4) is 11.5 Å². The Hall–Kier alpha value is -3.47. The Morgan fingerprint density at radius 2 is 1.38 bits per heavy atom. The van der Waals surface area contributed by atoms with Gasteiger partial charge in [-0.25, -0.2) is 0 Å². The van der Waals surface area contributed by atoms with Crippen molar-refractivity contribution in [2.75, 3.05) is 35.2 Å². The van der Waals surface area contributed by atoms with E-state index in [9.17, 15) is 4.79 Å². The minimum absolute atomic E-state index is 0.0924. The SMILES string of the molecule is CCN(CC)c1ccc(NC(=O)CNc2ccc(Oc3ccccc3)cc2)cc1. The maximum absolute atomic E-state index is 12.2. The van der Waals surface area contributed by atoms with Crippen molar-refractivity contribution < 1.29 is 9.53 Å². The quantitative estimate of drug-likeness (QED) is 0.516. The highest BCUT2D eigenvalue weighted by Crippen LogP contribution is 2.22. The molecule has 150 valence electrons. The number of benzene rings is 3. The van der Waals surface area contributed by atoms with E-state index in [1.54, 1.807) is 0 Å². The Morgan fingerprint density at radius 3 is 2.00 bits per heavy atom. The second kappa shape index (κ2) is 10.2. The average molecular weight is 389 g/mol. The van der Waals surface area contributed by atoms with E-state index in [2.05, 4.69) is 29.4 Å². The second-order valence-electron chi connectivity index (χ2n) is 6.56. The molecule has 0 aromatic heterocycles. The number of para-hydroxylation sites is 1. The van der Waals surface area contributed by atoms with Gasteiger partial charge in [0.1, 0.15) is 11.5 Å². The Balaban J connectivity index is 1.47. The van der Waals surface area contributed by atoms with Crippen LogP contribution in [0.1, 0.15) is 13.8 Å². The Morgan fingerprint density at radius 1 is 0.793 bits per heavy atom. The van der Waals surface area contributed by atoms with Gasteiger partial charge in [0.2, 0.25) is 5.91 Å². The monoisotopic (exact) mass is 389 g/mol. The van der Waals surface area contributed by atoms with Gasteiger partial charge in [-0.2, -0.15) is 0 Å². The molecule has 3 aromatic carbocycles. The lowest BCUT2D eigenvalue weighted by Crippen LogP contribution is -2.23. The van der Waals surface area contributed by atoms with Crippen molar-refractivity contribution in [3.63, 3.8) is 0 Å². The van der Waals surface area contributed by atoms with Gasteiger partial charge in [0.05, 0.1) is 6.54 Å². The fourth-order valence-corrected chi connectivity index (χ4v) is 3.00. The number of hydrogen-bond donors (Lipinski definition) is 2. The molecule has 0 radical (unpaired) electrons. The van der Waals surface area contributed by atoms with Crippen LogP contribution in [0.2, 0.25) is 0 Å². The van der Waals surface area contributed by atoms with Crippen LogP contribution in [0, 0.1) is 0 Å². The topological polar surface area (TPSA) is 53.6 Å². The first kappa shape index (κ1) is 20.3. The van der Waals surface area contributed by atoms with Gasteiger partial charge >= 0.3 is 0 Å². The largest absolute Gasteiger partial charge is 0.457 e. The minimum atomic E-state index is -0.0924. The summed E-state index contributed by atoms with van der Waals surface area (Å²) in [6.07, 6.45) is 0. The van der Waals surface area contributed by atoms with Crippen molar-refractivity contribution in [1.82, 2.24) is 0 Å². The molecule has 2 N–H and O–H groups in total. The zero-order valence-electron chi connectivity index (χ0n) is 16.9. The first-order chi connectivity index (χ1) is 14.2. The first-order valence-electron chi connectivity index (χ1n) is 9.89. The molecule has 0 unspecified atom stereocenters. The van der Waals surface area contributed by atoms with Crippen LogP contribution in [0.25, 0.3) is 0 Å². The molecule has 0 bridgehead atoms. The zero-order valence-corrected chi connectivity index (χ0v) is 16.9. The van der Waals surface area contributed by atoms with Crippen LogP contribution in [-0.4, -0.2) is 25.5 Å². The Labute approximate surface area is 172 Å². The van der Waals surface area contributed by atoms with Crippen LogP contribution in [-0.2, 0) is 4.79 Å². The summed E-state index contributed by atoms with van der Waals surface area (Å²) < 4.78 is 5.77. The molecule has 3 rings (SSSR count). The van der Waals surface area contributed by atoms with Crippen LogP contribution >= 0.6 is 0 Å². The molecule has 1 amide bonds. The van der Waals surface area contributed by atoms with Gasteiger partial charge < -0.3 is 20.3 Å². The fourth-order valence-electron chi connectivity index (χ4n) is 3.00. The normalized spacial score (nSPS) is 10.3. The number of carbonyl (C=O) groups excluding carboxylic acids is 1. The van der Waals surface area contributed by atoms with Crippen LogP contribution in [0.15, 0.2) is 78.9 Å². The van der Waals surface area contributed by atoms with Gasteiger partial charge in [-0.1, -0.05) is 18.2 Å². The number of carbonyl (C=O) groups is 1.